The fourth-order valence-electron chi connectivity index (χ4n) is 5.98. The maximum Gasteiger partial charge on any atom is 0.320 e. The second-order valence-electron chi connectivity index (χ2n) is 10.0. The average Bonchev–Trinajstić information content (AvgIpc) is 3.67. The van der Waals surface area contributed by atoms with Crippen LogP contribution >= 0.6 is 0 Å². The lowest BCUT2D eigenvalue weighted by Crippen LogP contribution is -2.49. The van der Waals surface area contributed by atoms with Crippen molar-refractivity contribution in [3.8, 4) is 11.1 Å². The van der Waals surface area contributed by atoms with Gasteiger partial charge in [0.05, 0.1) is 24.0 Å². The van der Waals surface area contributed by atoms with Crippen molar-refractivity contribution >= 4 is 47.1 Å². The normalized spacial score (nSPS) is 21.7. The van der Waals surface area contributed by atoms with Crippen molar-refractivity contribution in [1.29, 1.82) is 0 Å². The molecule has 6 heterocycles. The zero-order valence-corrected chi connectivity index (χ0v) is 21.6. The number of nitrogens with two attached hydrogens (primary N) is 1. The molecule has 13 nitrogen and oxygen atoms in total. The number of urea groups is 1. The van der Waals surface area contributed by atoms with Gasteiger partial charge in [-0.15, -0.1) is 0 Å². The molecule has 2 saturated heterocycles. The van der Waals surface area contributed by atoms with E-state index in [0.29, 0.717) is 53.4 Å². The molecule has 2 fully saturated rings. The number of amides is 3. The fourth-order valence-corrected chi connectivity index (χ4v) is 5.98. The fraction of sp³-hybridized carbons (Fsp3) is 0.385. The van der Waals surface area contributed by atoms with Crippen LogP contribution < -0.4 is 16.4 Å². The molecule has 3 aliphatic rings. The van der Waals surface area contributed by atoms with Gasteiger partial charge in [0.15, 0.2) is 11.4 Å². The zero-order chi connectivity index (χ0) is 27.3. The van der Waals surface area contributed by atoms with Gasteiger partial charge in [-0.25, -0.2) is 19.8 Å². The molecule has 13 heteroatoms. The number of Topliss-reactive ketones (excluding diaryl/α,β-unsaturated/α-hetero) is 1. The molecule has 6 rings (SSSR count). The van der Waals surface area contributed by atoms with E-state index >= 15 is 0 Å². The number of fused-ring (bicyclic) bond motifs is 3. The van der Waals surface area contributed by atoms with Crippen LogP contribution in [0.3, 0.4) is 0 Å². The molecule has 0 radical (unpaired) electrons. The number of hydrogen-bond acceptors (Lipinski definition) is 9. The van der Waals surface area contributed by atoms with Crippen LogP contribution in [0.25, 0.3) is 16.8 Å². The van der Waals surface area contributed by atoms with Crippen molar-refractivity contribution in [2.24, 2.45) is 9.98 Å². The minimum Gasteiger partial charge on any atom is -0.383 e. The van der Waals surface area contributed by atoms with Crippen molar-refractivity contribution in [2.75, 3.05) is 24.6 Å². The highest BCUT2D eigenvalue weighted by Gasteiger charge is 2.46. The summed E-state index contributed by atoms with van der Waals surface area (Å²) in [5.74, 6) is 0.368. The van der Waals surface area contributed by atoms with Crippen LogP contribution in [0.1, 0.15) is 54.6 Å². The molecule has 1 unspecified atom stereocenters. The highest BCUT2D eigenvalue weighted by atomic mass is 16.2. The van der Waals surface area contributed by atoms with E-state index in [2.05, 4.69) is 30.7 Å². The lowest BCUT2D eigenvalue weighted by atomic mass is 9.85. The molecule has 4 N–H and O–H groups in total. The highest BCUT2D eigenvalue weighted by molar-refractivity contribution is 6.41. The number of nitrogens with one attached hydrogen (secondary N) is 2. The largest absolute Gasteiger partial charge is 0.383 e. The van der Waals surface area contributed by atoms with Gasteiger partial charge in [-0.2, -0.15) is 9.61 Å². The third-order valence-electron chi connectivity index (χ3n) is 7.74. The molecular weight excluding hydrogens is 500 g/mol. The molecule has 3 atom stereocenters. The van der Waals surface area contributed by atoms with Crippen molar-refractivity contribution in [2.45, 2.75) is 50.6 Å². The number of carbonyl (C=O) groups is 3. The van der Waals surface area contributed by atoms with Gasteiger partial charge in [-0.3, -0.25) is 19.9 Å². The van der Waals surface area contributed by atoms with E-state index in [4.69, 9.17) is 10.7 Å². The average molecular weight is 529 g/mol. The van der Waals surface area contributed by atoms with E-state index in [9.17, 15) is 14.4 Å². The predicted molar refractivity (Wildman–Crippen MR) is 145 cm³/mol. The summed E-state index contributed by atoms with van der Waals surface area (Å²) in [5.41, 5.74) is 9.98. The second-order valence-corrected chi connectivity index (χ2v) is 10.0. The summed E-state index contributed by atoms with van der Waals surface area (Å²) in [4.78, 5) is 57.1. The number of nitrogen functional groups attached to an aromatic ring is 1. The van der Waals surface area contributed by atoms with E-state index in [0.717, 1.165) is 18.4 Å². The number of pyridine rings is 1. The first-order valence-corrected chi connectivity index (χ1v) is 12.9. The van der Waals surface area contributed by atoms with E-state index in [1.54, 1.807) is 18.5 Å². The Morgan fingerprint density at radius 2 is 1.87 bits per heavy atom. The predicted octanol–water partition coefficient (Wildman–Crippen LogP) is 2.05. The molecule has 2 bridgehead atoms. The van der Waals surface area contributed by atoms with Crippen LogP contribution in [-0.2, 0) is 4.79 Å². The smallest absolute Gasteiger partial charge is 0.320 e. The minimum absolute atomic E-state index is 0.0394. The highest BCUT2D eigenvalue weighted by Crippen LogP contribution is 2.44. The van der Waals surface area contributed by atoms with Crippen molar-refractivity contribution < 1.29 is 14.4 Å². The van der Waals surface area contributed by atoms with Gasteiger partial charge < -0.3 is 16.0 Å². The van der Waals surface area contributed by atoms with E-state index in [1.807, 2.05) is 11.0 Å². The topological polar surface area (TPSA) is 172 Å². The number of ketones is 1. The summed E-state index contributed by atoms with van der Waals surface area (Å²) in [6.45, 7) is 1.81. The van der Waals surface area contributed by atoms with Gasteiger partial charge in [0.2, 0.25) is 0 Å². The van der Waals surface area contributed by atoms with E-state index in [1.165, 1.54) is 24.8 Å². The molecule has 3 aromatic rings. The number of hydrogen-bond donors (Lipinski definition) is 3. The molecule has 3 aromatic heterocycles. The summed E-state index contributed by atoms with van der Waals surface area (Å²) in [6, 6.07) is 3.21. The second kappa shape index (κ2) is 9.57. The SMILES string of the molecule is CNC(=O)Nc1ccc(-c2cnn3c(N)c(C(C)=O)c(C4C[C@H]5CC[C@@H](C4)N5C(=O)C4=NC=NC4)nc23)cn1. The lowest BCUT2D eigenvalue weighted by molar-refractivity contribution is -0.128. The molecule has 0 aromatic carbocycles. The van der Waals surface area contributed by atoms with Crippen molar-refractivity contribution in [3.05, 3.63) is 35.8 Å². The van der Waals surface area contributed by atoms with Gasteiger partial charge >= 0.3 is 6.03 Å². The quantitative estimate of drug-likeness (QED) is 0.425. The first-order valence-electron chi connectivity index (χ1n) is 12.9. The Hall–Kier alpha value is -4.68. The Bertz CT molecular complexity index is 1540. The number of piperidine rings is 1. The standard InChI is InChI=1S/C26H28N10O3/c1-13(37)21-22(15-7-16-4-5-17(8-15)35(16)25(38)19-11-29-12-31-19)34-24-18(10-32-36(24)23(21)27)14-3-6-20(30-9-14)33-26(39)28-2/h3,6,9-10,12,15-17H,4-5,7-8,11,27H2,1-2H3,(H2,28,30,33,39)/t15?,16-,17+. The van der Waals surface area contributed by atoms with Gasteiger partial charge in [0, 0.05) is 42.4 Å². The van der Waals surface area contributed by atoms with Crippen LogP contribution in [0, 0.1) is 0 Å². The minimum atomic E-state index is -0.367. The Kier molecular flexibility index (Phi) is 6.04. The number of nitrogens with zero attached hydrogens (tertiary/aromatic N) is 7. The third-order valence-corrected chi connectivity index (χ3v) is 7.74. The summed E-state index contributed by atoms with van der Waals surface area (Å²) < 4.78 is 1.48. The molecule has 200 valence electrons. The third kappa shape index (κ3) is 4.19. The molecular formula is C26H28N10O3. The summed E-state index contributed by atoms with van der Waals surface area (Å²) >= 11 is 0. The Labute approximate surface area is 223 Å². The molecule has 39 heavy (non-hydrogen) atoms. The van der Waals surface area contributed by atoms with Gasteiger partial charge in [-0.1, -0.05) is 0 Å². The first-order chi connectivity index (χ1) is 18.9. The molecule has 0 saturated carbocycles. The number of aromatic nitrogens is 4. The van der Waals surface area contributed by atoms with Crippen LogP contribution in [0.4, 0.5) is 16.4 Å². The summed E-state index contributed by atoms with van der Waals surface area (Å²) in [5, 5.41) is 9.53. The molecule has 0 spiro atoms. The molecule has 3 aliphatic heterocycles. The van der Waals surface area contributed by atoms with Gasteiger partial charge in [-0.05, 0) is 44.7 Å². The molecule has 3 amide bonds. The van der Waals surface area contributed by atoms with Crippen molar-refractivity contribution in [1.82, 2.24) is 29.8 Å². The number of carbonyl (C=O) groups excluding carboxylic acids is 3. The maximum atomic E-state index is 13.2. The Balaban J connectivity index is 1.35. The Morgan fingerprint density at radius 1 is 1.10 bits per heavy atom. The maximum absolute atomic E-state index is 13.2. The summed E-state index contributed by atoms with van der Waals surface area (Å²) in [7, 11) is 1.53. The van der Waals surface area contributed by atoms with E-state index < -0.39 is 0 Å². The molecule has 0 aliphatic carbocycles. The van der Waals surface area contributed by atoms with Crippen LogP contribution in [-0.4, -0.2) is 79.9 Å². The number of aliphatic imine (C=N–C) groups is 2. The van der Waals surface area contributed by atoms with Crippen molar-refractivity contribution in [3.63, 3.8) is 0 Å². The van der Waals surface area contributed by atoms with Gasteiger partial charge in [0.25, 0.3) is 5.91 Å². The monoisotopic (exact) mass is 528 g/mol. The first kappa shape index (κ1) is 24.6. The van der Waals surface area contributed by atoms with Gasteiger partial charge in [0.1, 0.15) is 23.7 Å². The Morgan fingerprint density at radius 3 is 2.49 bits per heavy atom. The van der Waals surface area contributed by atoms with Crippen LogP contribution in [0.5, 0.6) is 0 Å². The number of anilines is 2. The number of rotatable bonds is 5. The van der Waals surface area contributed by atoms with Crippen LogP contribution in [0.2, 0.25) is 0 Å². The lowest BCUT2D eigenvalue weighted by Gasteiger charge is -2.39. The summed E-state index contributed by atoms with van der Waals surface area (Å²) in [6.07, 6.45) is 7.87. The van der Waals surface area contributed by atoms with E-state index in [-0.39, 0.29) is 41.5 Å². The van der Waals surface area contributed by atoms with Crippen LogP contribution in [0.15, 0.2) is 34.5 Å². The zero-order valence-electron chi connectivity index (χ0n) is 21.6.